The van der Waals surface area contributed by atoms with Gasteiger partial charge in [-0.1, -0.05) is 12.8 Å². The monoisotopic (exact) mass is 273 g/mol. The van der Waals surface area contributed by atoms with Gasteiger partial charge in [0.05, 0.1) is 7.11 Å². The number of hydrogen-bond donors (Lipinski definition) is 0. The molecular weight excluding hydrogens is 254 g/mol. The highest BCUT2D eigenvalue weighted by atomic mass is 16.5. The normalized spacial score (nSPS) is 17.5. The summed E-state index contributed by atoms with van der Waals surface area (Å²) in [4.78, 5) is 21.2. The van der Waals surface area contributed by atoms with E-state index in [1.807, 2.05) is 23.7 Å². The number of esters is 1. The van der Waals surface area contributed by atoms with E-state index >= 15 is 0 Å². The Labute approximate surface area is 118 Å². The lowest BCUT2D eigenvalue weighted by atomic mass is 9.90. The molecule has 5 heteroatoms. The van der Waals surface area contributed by atoms with Gasteiger partial charge in [-0.3, -0.25) is 4.79 Å². The van der Waals surface area contributed by atoms with Gasteiger partial charge in [-0.2, -0.15) is 0 Å². The number of carbonyl (C=O) groups excluding carboxylic acids is 1. The first kappa shape index (κ1) is 13.1. The third-order valence-electron chi connectivity index (χ3n) is 4.27. The minimum Gasteiger partial charge on any atom is -0.468 e. The smallest absolute Gasteiger partial charge is 0.316 e. The van der Waals surface area contributed by atoms with Crippen molar-refractivity contribution in [2.45, 2.75) is 31.6 Å². The third-order valence-corrected chi connectivity index (χ3v) is 4.27. The van der Waals surface area contributed by atoms with Gasteiger partial charge in [0.2, 0.25) is 0 Å². The first-order valence-electron chi connectivity index (χ1n) is 7.07. The average Bonchev–Trinajstić information content (AvgIpc) is 3.09. The van der Waals surface area contributed by atoms with Gasteiger partial charge in [-0.05, 0) is 30.9 Å². The fraction of sp³-hybridized carbons (Fsp3) is 0.533. The van der Waals surface area contributed by atoms with Crippen LogP contribution >= 0.6 is 0 Å². The first-order valence-corrected chi connectivity index (χ1v) is 7.07. The number of nitrogens with zero attached hydrogens (tertiary/aromatic N) is 3. The van der Waals surface area contributed by atoms with Crippen molar-refractivity contribution in [1.29, 1.82) is 0 Å². The van der Waals surface area contributed by atoms with E-state index in [9.17, 15) is 4.79 Å². The Kier molecular flexibility index (Phi) is 3.42. The molecule has 1 atom stereocenters. The molecule has 0 amide bonds. The number of pyridine rings is 1. The van der Waals surface area contributed by atoms with Crippen LogP contribution in [0.15, 0.2) is 18.3 Å². The molecule has 1 saturated carbocycles. The number of aromatic nitrogens is 3. The molecule has 0 spiro atoms. The van der Waals surface area contributed by atoms with Crippen molar-refractivity contribution >= 4 is 17.1 Å². The third kappa shape index (κ3) is 2.07. The van der Waals surface area contributed by atoms with Crippen molar-refractivity contribution in [3.8, 4) is 0 Å². The Morgan fingerprint density at radius 2 is 2.20 bits per heavy atom. The van der Waals surface area contributed by atoms with Gasteiger partial charge < -0.3 is 9.30 Å². The van der Waals surface area contributed by atoms with E-state index in [0.29, 0.717) is 5.92 Å². The molecule has 1 aliphatic rings. The summed E-state index contributed by atoms with van der Waals surface area (Å²) in [6, 6.07) is 3.79. The second kappa shape index (κ2) is 5.23. The topological polar surface area (TPSA) is 57.0 Å². The van der Waals surface area contributed by atoms with Crippen LogP contribution in [0.2, 0.25) is 0 Å². The zero-order valence-corrected chi connectivity index (χ0v) is 11.9. The highest BCUT2D eigenvalue weighted by Gasteiger charge is 2.36. The molecule has 1 aliphatic carbocycles. The van der Waals surface area contributed by atoms with Crippen molar-refractivity contribution in [3.05, 3.63) is 24.2 Å². The summed E-state index contributed by atoms with van der Waals surface area (Å²) in [5.41, 5.74) is 1.64. The molecule has 2 aromatic rings. The number of imidazole rings is 1. The number of methoxy groups -OCH3 is 1. The van der Waals surface area contributed by atoms with Gasteiger partial charge in [0.15, 0.2) is 5.65 Å². The Morgan fingerprint density at radius 3 is 2.85 bits per heavy atom. The van der Waals surface area contributed by atoms with Gasteiger partial charge in [0, 0.05) is 13.2 Å². The maximum atomic E-state index is 12.2. The van der Waals surface area contributed by atoms with Crippen LogP contribution in [0.25, 0.3) is 11.2 Å². The van der Waals surface area contributed by atoms with E-state index in [1.54, 1.807) is 6.20 Å². The molecule has 1 fully saturated rings. The molecule has 20 heavy (non-hydrogen) atoms. The van der Waals surface area contributed by atoms with Crippen molar-refractivity contribution in [2.24, 2.45) is 13.0 Å². The van der Waals surface area contributed by atoms with Crippen LogP contribution in [0, 0.1) is 5.92 Å². The minimum absolute atomic E-state index is 0.185. The van der Waals surface area contributed by atoms with Crippen molar-refractivity contribution < 1.29 is 9.53 Å². The number of rotatable bonds is 3. The fourth-order valence-electron chi connectivity index (χ4n) is 3.25. The van der Waals surface area contributed by atoms with Crippen LogP contribution in [-0.2, 0) is 16.6 Å². The van der Waals surface area contributed by atoms with Crippen molar-refractivity contribution in [2.75, 3.05) is 7.11 Å². The molecule has 2 aromatic heterocycles. The average molecular weight is 273 g/mol. The number of fused-ring (bicyclic) bond motifs is 1. The van der Waals surface area contributed by atoms with Gasteiger partial charge in [0.25, 0.3) is 0 Å². The molecule has 1 unspecified atom stereocenters. The first-order chi connectivity index (χ1) is 9.72. The molecule has 3 rings (SSSR count). The number of ether oxygens (including phenoxy) is 1. The molecular formula is C15H19N3O2. The lowest BCUT2D eigenvalue weighted by Crippen LogP contribution is -2.24. The van der Waals surface area contributed by atoms with Crippen LogP contribution < -0.4 is 0 Å². The molecule has 0 radical (unpaired) electrons. The maximum absolute atomic E-state index is 12.2. The summed E-state index contributed by atoms with van der Waals surface area (Å²) in [6.45, 7) is 0. The Hall–Kier alpha value is -1.91. The predicted octanol–water partition coefficient (Wildman–Crippen LogP) is 2.42. The van der Waals surface area contributed by atoms with E-state index in [0.717, 1.165) is 29.8 Å². The molecule has 0 aromatic carbocycles. The van der Waals surface area contributed by atoms with Crippen LogP contribution in [-0.4, -0.2) is 27.6 Å². The zero-order chi connectivity index (χ0) is 14.1. The lowest BCUT2D eigenvalue weighted by molar-refractivity contribution is -0.144. The quantitative estimate of drug-likeness (QED) is 0.806. The SMILES string of the molecule is COC(=O)C(c1nc2cccnc2n1C)C1CCCC1. The Bertz CT molecular complexity index is 629. The molecule has 2 heterocycles. The molecule has 5 nitrogen and oxygen atoms in total. The second-order valence-electron chi connectivity index (χ2n) is 5.42. The van der Waals surface area contributed by atoms with E-state index < -0.39 is 0 Å². The number of hydrogen-bond acceptors (Lipinski definition) is 4. The van der Waals surface area contributed by atoms with E-state index in [1.165, 1.54) is 20.0 Å². The molecule has 0 bridgehead atoms. The predicted molar refractivity (Wildman–Crippen MR) is 75.2 cm³/mol. The summed E-state index contributed by atoms with van der Waals surface area (Å²) in [6.07, 6.45) is 6.24. The summed E-state index contributed by atoms with van der Waals surface area (Å²) >= 11 is 0. The number of aryl methyl sites for hydroxylation is 1. The highest BCUT2D eigenvalue weighted by molar-refractivity contribution is 5.80. The van der Waals surface area contributed by atoms with Gasteiger partial charge in [-0.15, -0.1) is 0 Å². The summed E-state index contributed by atoms with van der Waals surface area (Å²) in [5, 5.41) is 0. The van der Waals surface area contributed by atoms with Crippen LogP contribution in [0.1, 0.15) is 37.4 Å². The summed E-state index contributed by atoms with van der Waals surface area (Å²) in [5.74, 6) is 0.646. The fourth-order valence-corrected chi connectivity index (χ4v) is 3.25. The standard InChI is InChI=1S/C15H19N3O2/c1-18-13-11(8-5-9-16-13)17-14(18)12(15(19)20-2)10-6-3-4-7-10/h5,8-10,12H,3-4,6-7H2,1-2H3. The minimum atomic E-state index is -0.276. The summed E-state index contributed by atoms with van der Waals surface area (Å²) in [7, 11) is 3.37. The molecule has 106 valence electrons. The molecule has 0 aliphatic heterocycles. The highest BCUT2D eigenvalue weighted by Crippen LogP contribution is 2.38. The van der Waals surface area contributed by atoms with Crippen molar-refractivity contribution in [3.63, 3.8) is 0 Å². The van der Waals surface area contributed by atoms with Gasteiger partial charge in [0.1, 0.15) is 17.3 Å². The van der Waals surface area contributed by atoms with Gasteiger partial charge in [-0.25, -0.2) is 9.97 Å². The van der Waals surface area contributed by atoms with E-state index in [2.05, 4.69) is 9.97 Å². The van der Waals surface area contributed by atoms with E-state index in [-0.39, 0.29) is 11.9 Å². The maximum Gasteiger partial charge on any atom is 0.316 e. The molecule has 0 saturated heterocycles. The van der Waals surface area contributed by atoms with Gasteiger partial charge >= 0.3 is 5.97 Å². The zero-order valence-electron chi connectivity index (χ0n) is 11.9. The summed E-state index contributed by atoms with van der Waals surface area (Å²) < 4.78 is 6.94. The van der Waals surface area contributed by atoms with E-state index in [4.69, 9.17) is 4.74 Å². The lowest BCUT2D eigenvalue weighted by Gasteiger charge is -2.20. The Morgan fingerprint density at radius 1 is 1.45 bits per heavy atom. The van der Waals surface area contributed by atoms with Crippen LogP contribution in [0.4, 0.5) is 0 Å². The van der Waals surface area contributed by atoms with Crippen LogP contribution in [0.5, 0.6) is 0 Å². The molecule has 0 N–H and O–H groups in total. The number of carbonyl (C=O) groups is 1. The Balaban J connectivity index is 2.08. The van der Waals surface area contributed by atoms with Crippen LogP contribution in [0.3, 0.4) is 0 Å². The largest absolute Gasteiger partial charge is 0.468 e. The second-order valence-corrected chi connectivity index (χ2v) is 5.42. The van der Waals surface area contributed by atoms with Crippen molar-refractivity contribution in [1.82, 2.24) is 14.5 Å².